The number of nitrogens with two attached hydrogens (primary N) is 1. The predicted octanol–water partition coefficient (Wildman–Crippen LogP) is 3.82. The fourth-order valence-corrected chi connectivity index (χ4v) is 3.50. The summed E-state index contributed by atoms with van der Waals surface area (Å²) in [6, 6.07) is 14.2. The minimum absolute atomic E-state index is 0. The average Bonchev–Trinajstić information content (AvgIpc) is 3.33. The zero-order valence-corrected chi connectivity index (χ0v) is 15.9. The lowest BCUT2D eigenvalue weighted by molar-refractivity contribution is 0.347. The normalized spacial score (nSPS) is 15.3. The summed E-state index contributed by atoms with van der Waals surface area (Å²) in [6.07, 6.45) is 7.74. The van der Waals surface area contributed by atoms with E-state index in [0.29, 0.717) is 24.8 Å². The fraction of sp³-hybridized carbons (Fsp3) is 0.350. The third-order valence-corrected chi connectivity index (χ3v) is 4.95. The third kappa shape index (κ3) is 4.46. The average molecular weight is 386 g/mol. The van der Waals surface area contributed by atoms with E-state index in [1.165, 1.54) is 0 Å². The van der Waals surface area contributed by atoms with Crippen molar-refractivity contribution >= 4 is 18.1 Å². The molecule has 0 aliphatic heterocycles. The van der Waals surface area contributed by atoms with Crippen LogP contribution < -0.4 is 10.6 Å². The third-order valence-electron chi connectivity index (χ3n) is 4.95. The van der Waals surface area contributed by atoms with Gasteiger partial charge >= 0.3 is 0 Å². The summed E-state index contributed by atoms with van der Waals surface area (Å²) in [5.74, 6) is 1.23. The van der Waals surface area contributed by atoms with Crippen molar-refractivity contribution in [2.75, 3.05) is 4.90 Å². The zero-order valence-electron chi connectivity index (χ0n) is 15.1. The van der Waals surface area contributed by atoms with Crippen LogP contribution in [0.3, 0.4) is 0 Å². The number of hydrogen-bond donors (Lipinski definition) is 1. The van der Waals surface area contributed by atoms with Gasteiger partial charge in [0.2, 0.25) is 5.89 Å². The van der Waals surface area contributed by atoms with Crippen LogP contribution >= 0.6 is 12.4 Å². The van der Waals surface area contributed by atoms with Gasteiger partial charge in [0.05, 0.1) is 12.1 Å². The Labute approximate surface area is 165 Å². The van der Waals surface area contributed by atoms with Crippen molar-refractivity contribution in [1.29, 1.82) is 0 Å². The number of anilines is 1. The first-order valence-corrected chi connectivity index (χ1v) is 9.04. The Balaban J connectivity index is 0.00000210. The van der Waals surface area contributed by atoms with Gasteiger partial charge in [-0.15, -0.1) is 12.4 Å². The van der Waals surface area contributed by atoms with Crippen molar-refractivity contribution < 1.29 is 4.52 Å². The highest BCUT2D eigenvalue weighted by atomic mass is 35.5. The molecule has 4 rings (SSSR count). The van der Waals surface area contributed by atoms with Crippen LogP contribution in [0.1, 0.15) is 43.0 Å². The molecule has 6 nitrogen and oxygen atoms in total. The monoisotopic (exact) mass is 385 g/mol. The Bertz CT molecular complexity index is 834. The van der Waals surface area contributed by atoms with E-state index in [1.807, 2.05) is 30.5 Å². The lowest BCUT2D eigenvalue weighted by Gasteiger charge is -2.23. The Kier molecular flexibility index (Phi) is 6.08. The molecule has 1 saturated carbocycles. The number of para-hydroxylation sites is 1. The van der Waals surface area contributed by atoms with E-state index in [0.717, 1.165) is 36.9 Å². The van der Waals surface area contributed by atoms with Gasteiger partial charge in [0.25, 0.3) is 0 Å². The van der Waals surface area contributed by atoms with Crippen LogP contribution in [-0.2, 0) is 18.6 Å². The van der Waals surface area contributed by atoms with E-state index in [-0.39, 0.29) is 12.4 Å². The summed E-state index contributed by atoms with van der Waals surface area (Å²) in [4.78, 5) is 11.0. The van der Waals surface area contributed by atoms with Crippen LogP contribution in [0, 0.1) is 0 Å². The Morgan fingerprint density at radius 3 is 2.52 bits per heavy atom. The summed E-state index contributed by atoms with van der Waals surface area (Å²) in [6.45, 7) is 1.24. The Morgan fingerprint density at radius 2 is 1.81 bits per heavy atom. The number of aromatic nitrogens is 3. The molecule has 0 saturated heterocycles. The molecule has 7 heteroatoms. The highest BCUT2D eigenvalue weighted by molar-refractivity contribution is 5.85. The summed E-state index contributed by atoms with van der Waals surface area (Å²) in [5, 5.41) is 4.17. The van der Waals surface area contributed by atoms with Gasteiger partial charge < -0.3 is 15.2 Å². The molecule has 0 atom stereocenters. The van der Waals surface area contributed by atoms with Crippen molar-refractivity contribution in [1.82, 2.24) is 15.1 Å². The molecule has 142 valence electrons. The van der Waals surface area contributed by atoms with Gasteiger partial charge in [0.15, 0.2) is 5.82 Å². The van der Waals surface area contributed by atoms with E-state index in [4.69, 9.17) is 10.3 Å². The molecule has 2 aromatic heterocycles. The summed E-state index contributed by atoms with van der Waals surface area (Å²) < 4.78 is 5.53. The lowest BCUT2D eigenvalue weighted by atomic mass is 9.99. The Hall–Kier alpha value is -2.44. The zero-order chi connectivity index (χ0) is 17.8. The smallest absolute Gasteiger partial charge is 0.246 e. The van der Waals surface area contributed by atoms with Gasteiger partial charge in [-0.25, -0.2) is 0 Å². The second-order valence-corrected chi connectivity index (χ2v) is 6.93. The molecule has 0 spiro atoms. The molecular weight excluding hydrogens is 362 g/mol. The first-order chi connectivity index (χ1) is 12.7. The maximum absolute atomic E-state index is 6.45. The quantitative estimate of drug-likeness (QED) is 0.694. The number of rotatable bonds is 6. The molecule has 2 N–H and O–H groups in total. The van der Waals surface area contributed by atoms with Gasteiger partial charge in [-0.05, 0) is 36.6 Å². The van der Waals surface area contributed by atoms with Crippen molar-refractivity contribution in [2.45, 2.75) is 44.3 Å². The van der Waals surface area contributed by atoms with Gasteiger partial charge in [-0.2, -0.15) is 4.98 Å². The number of hydrogen-bond acceptors (Lipinski definition) is 6. The summed E-state index contributed by atoms with van der Waals surface area (Å²) in [7, 11) is 0. The van der Waals surface area contributed by atoms with Crippen LogP contribution in [-0.4, -0.2) is 15.1 Å². The topological polar surface area (TPSA) is 81.1 Å². The van der Waals surface area contributed by atoms with E-state index in [1.54, 1.807) is 6.20 Å². The van der Waals surface area contributed by atoms with Gasteiger partial charge in [-0.3, -0.25) is 4.98 Å². The predicted molar refractivity (Wildman–Crippen MR) is 106 cm³/mol. The molecule has 2 heterocycles. The van der Waals surface area contributed by atoms with E-state index < -0.39 is 5.54 Å². The minimum Gasteiger partial charge on any atom is -0.358 e. The Morgan fingerprint density at radius 1 is 1.04 bits per heavy atom. The van der Waals surface area contributed by atoms with Crippen molar-refractivity contribution in [3.8, 4) is 0 Å². The van der Waals surface area contributed by atoms with E-state index in [2.05, 4.69) is 38.2 Å². The van der Waals surface area contributed by atoms with Crippen LogP contribution in [0.5, 0.6) is 0 Å². The highest BCUT2D eigenvalue weighted by Gasteiger charge is 2.36. The molecule has 1 aromatic carbocycles. The molecule has 1 aliphatic rings. The number of benzene rings is 1. The van der Waals surface area contributed by atoms with Crippen molar-refractivity contribution in [3.05, 3.63) is 72.1 Å². The van der Waals surface area contributed by atoms with Crippen LogP contribution in [0.15, 0.2) is 59.4 Å². The molecule has 27 heavy (non-hydrogen) atoms. The largest absolute Gasteiger partial charge is 0.358 e. The van der Waals surface area contributed by atoms with Crippen LogP contribution in [0.25, 0.3) is 0 Å². The molecule has 0 bridgehead atoms. The number of nitrogens with zero attached hydrogens (tertiary/aromatic N) is 4. The molecule has 0 unspecified atom stereocenters. The fourth-order valence-electron chi connectivity index (χ4n) is 3.50. The van der Waals surface area contributed by atoms with Gasteiger partial charge in [0.1, 0.15) is 0 Å². The first kappa shape index (κ1) is 19.3. The summed E-state index contributed by atoms with van der Waals surface area (Å²) >= 11 is 0. The first-order valence-electron chi connectivity index (χ1n) is 9.04. The van der Waals surface area contributed by atoms with Crippen molar-refractivity contribution in [2.24, 2.45) is 5.73 Å². The second kappa shape index (κ2) is 8.50. The number of pyridine rings is 1. The molecule has 3 aromatic rings. The SMILES string of the molecule is Cl.NC1(c2noc(CN(Cc3cccnc3)c3ccccc3)n2)CCCC1. The van der Waals surface area contributed by atoms with Crippen molar-refractivity contribution in [3.63, 3.8) is 0 Å². The second-order valence-electron chi connectivity index (χ2n) is 6.93. The molecule has 1 aliphatic carbocycles. The van der Waals surface area contributed by atoms with Gasteiger partial charge in [-0.1, -0.05) is 42.3 Å². The number of halogens is 1. The molecule has 1 fully saturated rings. The maximum atomic E-state index is 6.45. The van der Waals surface area contributed by atoms with E-state index >= 15 is 0 Å². The standard InChI is InChI=1S/C20H23N5O.ClH/c21-20(10-4-5-11-20)19-23-18(26-24-19)15-25(17-8-2-1-3-9-17)14-16-7-6-12-22-13-16;/h1-3,6-9,12-13H,4-5,10-11,14-15,21H2;1H. The molecular formula is C20H24ClN5O. The van der Waals surface area contributed by atoms with Gasteiger partial charge in [0, 0.05) is 24.6 Å². The maximum Gasteiger partial charge on any atom is 0.246 e. The molecule has 0 amide bonds. The molecule has 0 radical (unpaired) electrons. The lowest BCUT2D eigenvalue weighted by Crippen LogP contribution is -2.34. The van der Waals surface area contributed by atoms with E-state index in [9.17, 15) is 0 Å². The summed E-state index contributed by atoms with van der Waals surface area (Å²) in [5.41, 5.74) is 8.25. The minimum atomic E-state index is -0.428. The van der Waals surface area contributed by atoms with Crippen LogP contribution in [0.4, 0.5) is 5.69 Å². The highest BCUT2D eigenvalue weighted by Crippen LogP contribution is 2.34. The van der Waals surface area contributed by atoms with Crippen LogP contribution in [0.2, 0.25) is 0 Å².